The van der Waals surface area contributed by atoms with Gasteiger partial charge in [0.1, 0.15) is 5.82 Å². The highest BCUT2D eigenvalue weighted by Crippen LogP contribution is 2.10. The van der Waals surface area contributed by atoms with Crippen LogP contribution in [-0.2, 0) is 6.42 Å². The Morgan fingerprint density at radius 1 is 1.50 bits per heavy atom. The summed E-state index contributed by atoms with van der Waals surface area (Å²) in [6.07, 6.45) is 3.93. The van der Waals surface area contributed by atoms with Crippen LogP contribution >= 0.6 is 0 Å². The molecule has 4 nitrogen and oxygen atoms in total. The van der Waals surface area contributed by atoms with Crippen molar-refractivity contribution in [3.05, 3.63) is 47.0 Å². The molecule has 5 heteroatoms. The standard InChI is InChI=1S/C13H15FN4/c1-3-10-4-5-11(12(14)6-10)7-16-18-8-9(2)17-13(18)15/h4-8H,3H2,1-2H3,(H2,15,17). The number of nitrogens with two attached hydrogens (primary N) is 1. The first-order chi connectivity index (χ1) is 8.60. The molecule has 0 aliphatic heterocycles. The highest BCUT2D eigenvalue weighted by molar-refractivity contribution is 5.80. The number of benzene rings is 1. The first-order valence-corrected chi connectivity index (χ1v) is 5.74. The fourth-order valence-corrected chi connectivity index (χ4v) is 1.62. The first-order valence-electron chi connectivity index (χ1n) is 5.74. The average Bonchev–Trinajstić information content (AvgIpc) is 2.66. The molecule has 2 aromatic rings. The summed E-state index contributed by atoms with van der Waals surface area (Å²) in [5.74, 6) is 0.00263. The number of nitrogens with zero attached hydrogens (tertiary/aromatic N) is 3. The van der Waals surface area contributed by atoms with Gasteiger partial charge in [-0.15, -0.1) is 0 Å². The second kappa shape index (κ2) is 5.00. The number of halogens is 1. The molecule has 2 rings (SSSR count). The van der Waals surface area contributed by atoms with Crippen molar-refractivity contribution in [2.75, 3.05) is 5.73 Å². The van der Waals surface area contributed by atoms with Gasteiger partial charge in [-0.25, -0.2) is 14.1 Å². The minimum Gasteiger partial charge on any atom is -0.368 e. The second-order valence-electron chi connectivity index (χ2n) is 4.04. The Morgan fingerprint density at radius 2 is 2.28 bits per heavy atom. The van der Waals surface area contributed by atoms with Gasteiger partial charge >= 0.3 is 0 Å². The van der Waals surface area contributed by atoms with Gasteiger partial charge in [0.05, 0.1) is 18.1 Å². The van der Waals surface area contributed by atoms with Crippen molar-refractivity contribution < 1.29 is 4.39 Å². The first kappa shape index (κ1) is 12.3. The van der Waals surface area contributed by atoms with Gasteiger partial charge in [0.15, 0.2) is 0 Å². The van der Waals surface area contributed by atoms with Gasteiger partial charge in [-0.1, -0.05) is 19.1 Å². The normalized spacial score (nSPS) is 11.3. The summed E-state index contributed by atoms with van der Waals surface area (Å²) in [7, 11) is 0. The number of aromatic nitrogens is 2. The Balaban J connectivity index is 2.26. The van der Waals surface area contributed by atoms with Crippen LogP contribution in [0.2, 0.25) is 0 Å². The molecule has 0 bridgehead atoms. The third-order valence-electron chi connectivity index (χ3n) is 2.63. The van der Waals surface area contributed by atoms with Crippen LogP contribution in [0.1, 0.15) is 23.7 Å². The Kier molecular flexibility index (Phi) is 3.41. The molecular formula is C13H15FN4. The van der Waals surface area contributed by atoms with Crippen molar-refractivity contribution >= 4 is 12.2 Å². The van der Waals surface area contributed by atoms with Crippen molar-refractivity contribution in [2.24, 2.45) is 5.10 Å². The molecule has 0 fully saturated rings. The maximum atomic E-state index is 13.7. The lowest BCUT2D eigenvalue weighted by Crippen LogP contribution is -1.98. The molecule has 0 amide bonds. The summed E-state index contributed by atoms with van der Waals surface area (Å²) >= 11 is 0. The molecule has 0 saturated heterocycles. The van der Waals surface area contributed by atoms with Gasteiger partial charge in [-0.05, 0) is 25.0 Å². The van der Waals surface area contributed by atoms with E-state index in [4.69, 9.17) is 5.73 Å². The third-order valence-corrected chi connectivity index (χ3v) is 2.63. The minimum atomic E-state index is -0.284. The van der Waals surface area contributed by atoms with E-state index in [1.54, 1.807) is 12.3 Å². The molecule has 0 spiro atoms. The quantitative estimate of drug-likeness (QED) is 0.845. The van der Waals surface area contributed by atoms with E-state index < -0.39 is 0 Å². The molecule has 0 saturated carbocycles. The number of hydrogen-bond acceptors (Lipinski definition) is 3. The Bertz CT molecular complexity index is 587. The van der Waals surface area contributed by atoms with Crippen molar-refractivity contribution in [3.63, 3.8) is 0 Å². The zero-order chi connectivity index (χ0) is 13.1. The van der Waals surface area contributed by atoms with Crippen molar-refractivity contribution in [1.29, 1.82) is 0 Å². The second-order valence-corrected chi connectivity index (χ2v) is 4.04. The zero-order valence-electron chi connectivity index (χ0n) is 10.4. The molecule has 94 valence electrons. The molecule has 0 radical (unpaired) electrons. The lowest BCUT2D eigenvalue weighted by molar-refractivity contribution is 0.623. The molecule has 0 aliphatic carbocycles. The van der Waals surface area contributed by atoms with Gasteiger partial charge in [0, 0.05) is 5.56 Å². The van der Waals surface area contributed by atoms with Crippen LogP contribution in [0.3, 0.4) is 0 Å². The fourth-order valence-electron chi connectivity index (χ4n) is 1.62. The van der Waals surface area contributed by atoms with E-state index in [0.717, 1.165) is 17.7 Å². The van der Waals surface area contributed by atoms with Crippen molar-refractivity contribution in [2.45, 2.75) is 20.3 Å². The van der Waals surface area contributed by atoms with E-state index in [0.29, 0.717) is 5.56 Å². The van der Waals surface area contributed by atoms with Crippen LogP contribution < -0.4 is 5.73 Å². The predicted molar refractivity (Wildman–Crippen MR) is 70.1 cm³/mol. The maximum Gasteiger partial charge on any atom is 0.221 e. The highest BCUT2D eigenvalue weighted by Gasteiger charge is 2.02. The van der Waals surface area contributed by atoms with Crippen LogP contribution in [0.4, 0.5) is 10.3 Å². The third kappa shape index (κ3) is 2.56. The van der Waals surface area contributed by atoms with Gasteiger partial charge in [0.25, 0.3) is 0 Å². The molecule has 1 heterocycles. The molecule has 0 atom stereocenters. The number of hydrogen-bond donors (Lipinski definition) is 1. The summed E-state index contributed by atoms with van der Waals surface area (Å²) in [5.41, 5.74) is 7.79. The average molecular weight is 246 g/mol. The van der Waals surface area contributed by atoms with E-state index in [-0.39, 0.29) is 11.8 Å². The lowest BCUT2D eigenvalue weighted by Gasteiger charge is -2.00. The van der Waals surface area contributed by atoms with Gasteiger partial charge in [0.2, 0.25) is 5.95 Å². The molecule has 1 aromatic carbocycles. The molecule has 1 aromatic heterocycles. The number of anilines is 1. The molecule has 2 N–H and O–H groups in total. The van der Waals surface area contributed by atoms with Crippen molar-refractivity contribution in [1.82, 2.24) is 9.66 Å². The van der Waals surface area contributed by atoms with Crippen LogP contribution in [0.5, 0.6) is 0 Å². The van der Waals surface area contributed by atoms with E-state index in [1.807, 2.05) is 19.9 Å². The molecule has 18 heavy (non-hydrogen) atoms. The SMILES string of the molecule is CCc1ccc(C=Nn2cc(C)nc2N)c(F)c1. The summed E-state index contributed by atoms with van der Waals surface area (Å²) in [4.78, 5) is 4.01. The zero-order valence-corrected chi connectivity index (χ0v) is 10.4. The number of rotatable bonds is 3. The van der Waals surface area contributed by atoms with E-state index in [9.17, 15) is 4.39 Å². The summed E-state index contributed by atoms with van der Waals surface area (Å²) < 4.78 is 15.1. The summed E-state index contributed by atoms with van der Waals surface area (Å²) in [6, 6.07) is 5.11. The van der Waals surface area contributed by atoms with Crippen LogP contribution in [0.25, 0.3) is 0 Å². The monoisotopic (exact) mass is 246 g/mol. The smallest absolute Gasteiger partial charge is 0.221 e. The number of aryl methyl sites for hydroxylation is 2. The van der Waals surface area contributed by atoms with Crippen LogP contribution in [0.15, 0.2) is 29.5 Å². The van der Waals surface area contributed by atoms with E-state index in [1.165, 1.54) is 17.0 Å². The van der Waals surface area contributed by atoms with E-state index >= 15 is 0 Å². The molecular weight excluding hydrogens is 231 g/mol. The maximum absolute atomic E-state index is 13.7. The summed E-state index contributed by atoms with van der Waals surface area (Å²) in [6.45, 7) is 3.80. The Morgan fingerprint density at radius 3 is 2.83 bits per heavy atom. The van der Waals surface area contributed by atoms with Gasteiger partial charge in [-0.3, -0.25) is 0 Å². The van der Waals surface area contributed by atoms with Crippen LogP contribution in [0, 0.1) is 12.7 Å². The Labute approximate surface area is 105 Å². The highest BCUT2D eigenvalue weighted by atomic mass is 19.1. The number of imidazole rings is 1. The van der Waals surface area contributed by atoms with Crippen molar-refractivity contribution in [3.8, 4) is 0 Å². The summed E-state index contributed by atoms with van der Waals surface area (Å²) in [5, 5.41) is 4.08. The molecule has 0 unspecified atom stereocenters. The largest absolute Gasteiger partial charge is 0.368 e. The van der Waals surface area contributed by atoms with E-state index in [2.05, 4.69) is 10.1 Å². The van der Waals surface area contributed by atoms with Gasteiger partial charge < -0.3 is 5.73 Å². The Hall–Kier alpha value is -2.17. The predicted octanol–water partition coefficient (Wildman–Crippen LogP) is 2.36. The minimum absolute atomic E-state index is 0.284. The number of nitrogen functional groups attached to an aromatic ring is 1. The fraction of sp³-hybridized carbons (Fsp3) is 0.231. The lowest BCUT2D eigenvalue weighted by atomic mass is 10.1. The topological polar surface area (TPSA) is 56.2 Å². The van der Waals surface area contributed by atoms with Gasteiger partial charge in [-0.2, -0.15) is 5.10 Å². The molecule has 0 aliphatic rings. The van der Waals surface area contributed by atoms with Crippen LogP contribution in [-0.4, -0.2) is 15.9 Å².